The number of hydrogen-bond donors (Lipinski definition) is 1. The van der Waals surface area contributed by atoms with Crippen molar-refractivity contribution in [1.29, 1.82) is 0 Å². The number of hydrogen-bond acceptors (Lipinski definition) is 6. The first-order chi connectivity index (χ1) is 14.3. The van der Waals surface area contributed by atoms with E-state index >= 15 is 0 Å². The van der Waals surface area contributed by atoms with Crippen molar-refractivity contribution in [1.82, 2.24) is 4.98 Å². The average molecular weight is 451 g/mol. The van der Waals surface area contributed by atoms with Crippen LogP contribution in [0.4, 0.5) is 17.2 Å². The van der Waals surface area contributed by atoms with Gasteiger partial charge < -0.3 is 15.0 Å². The van der Waals surface area contributed by atoms with E-state index in [-0.39, 0.29) is 17.5 Å². The molecule has 8 nitrogen and oxygen atoms in total. The summed E-state index contributed by atoms with van der Waals surface area (Å²) in [6, 6.07) is 6.95. The molecule has 0 radical (unpaired) electrons. The Labute approximate surface area is 180 Å². The molecule has 1 aromatic carbocycles. The van der Waals surface area contributed by atoms with Crippen LogP contribution in [0.25, 0.3) is 0 Å². The molecule has 30 heavy (non-hydrogen) atoms. The maximum Gasteiger partial charge on any atom is 0.256 e. The van der Waals surface area contributed by atoms with Crippen LogP contribution in [0.1, 0.15) is 22.3 Å². The fourth-order valence-corrected chi connectivity index (χ4v) is 5.38. The second-order valence-electron chi connectivity index (χ2n) is 7.35. The van der Waals surface area contributed by atoms with Crippen molar-refractivity contribution < 1.29 is 17.9 Å². The summed E-state index contributed by atoms with van der Waals surface area (Å²) in [5.41, 5.74) is 2.51. The van der Waals surface area contributed by atoms with E-state index in [1.807, 2.05) is 12.1 Å². The monoisotopic (exact) mass is 450 g/mol. The number of nitrogens with zero attached hydrogens (tertiary/aromatic N) is 3. The lowest BCUT2D eigenvalue weighted by atomic mass is 10.1. The quantitative estimate of drug-likeness (QED) is 0.770. The zero-order valence-corrected chi connectivity index (χ0v) is 18.2. The smallest absolute Gasteiger partial charge is 0.256 e. The number of anilines is 3. The van der Waals surface area contributed by atoms with Crippen LogP contribution in [0, 0.1) is 6.92 Å². The Hall–Kier alpha value is -2.36. The second kappa shape index (κ2) is 8.41. The van der Waals surface area contributed by atoms with Crippen LogP contribution in [0.2, 0.25) is 5.02 Å². The van der Waals surface area contributed by atoms with Gasteiger partial charge in [0.2, 0.25) is 10.0 Å². The fraction of sp³-hybridized carbons (Fsp3) is 0.400. The molecule has 3 heterocycles. The summed E-state index contributed by atoms with van der Waals surface area (Å²) in [7, 11) is -3.37. The van der Waals surface area contributed by atoms with E-state index in [0.717, 1.165) is 18.8 Å². The third-order valence-electron chi connectivity index (χ3n) is 5.20. The normalized spacial score (nSPS) is 18.5. The number of halogens is 1. The van der Waals surface area contributed by atoms with Crippen molar-refractivity contribution in [3.63, 3.8) is 0 Å². The van der Waals surface area contributed by atoms with E-state index in [2.05, 4.69) is 15.2 Å². The number of sulfonamides is 1. The highest BCUT2D eigenvalue weighted by atomic mass is 35.5. The zero-order valence-electron chi connectivity index (χ0n) is 16.6. The molecule has 10 heteroatoms. The predicted octanol–water partition coefficient (Wildman–Crippen LogP) is 2.67. The van der Waals surface area contributed by atoms with Crippen LogP contribution in [0.3, 0.4) is 0 Å². The first-order valence-electron chi connectivity index (χ1n) is 9.75. The Morgan fingerprint density at radius 2 is 1.93 bits per heavy atom. The van der Waals surface area contributed by atoms with Crippen LogP contribution >= 0.6 is 11.6 Å². The summed E-state index contributed by atoms with van der Waals surface area (Å²) in [6.45, 7) is 4.94. The molecule has 2 fully saturated rings. The summed E-state index contributed by atoms with van der Waals surface area (Å²) >= 11 is 6.28. The Morgan fingerprint density at radius 3 is 2.63 bits per heavy atom. The van der Waals surface area contributed by atoms with Crippen LogP contribution in [0.15, 0.2) is 30.5 Å². The molecule has 0 atom stereocenters. The minimum atomic E-state index is -3.37. The molecule has 0 aliphatic carbocycles. The van der Waals surface area contributed by atoms with Gasteiger partial charge >= 0.3 is 0 Å². The molecule has 2 saturated heterocycles. The summed E-state index contributed by atoms with van der Waals surface area (Å²) in [5, 5.41) is 3.40. The number of morpholine rings is 1. The largest absolute Gasteiger partial charge is 0.378 e. The van der Waals surface area contributed by atoms with Crippen molar-refractivity contribution >= 4 is 44.7 Å². The average Bonchev–Trinajstić information content (AvgIpc) is 3.07. The summed E-state index contributed by atoms with van der Waals surface area (Å²) < 4.78 is 31.1. The number of pyridine rings is 1. The minimum Gasteiger partial charge on any atom is -0.378 e. The van der Waals surface area contributed by atoms with Gasteiger partial charge in [-0.25, -0.2) is 13.4 Å². The molecule has 1 N–H and O–H groups in total. The topological polar surface area (TPSA) is 91.8 Å². The van der Waals surface area contributed by atoms with Crippen molar-refractivity contribution in [2.24, 2.45) is 0 Å². The molecule has 2 aliphatic rings. The maximum absolute atomic E-state index is 13.0. The Morgan fingerprint density at radius 1 is 1.17 bits per heavy atom. The fourth-order valence-electron chi connectivity index (χ4n) is 3.64. The first-order valence-corrected chi connectivity index (χ1v) is 11.7. The number of aryl methyl sites for hydroxylation is 1. The minimum absolute atomic E-state index is 0.0942. The lowest BCUT2D eigenvalue weighted by molar-refractivity contribution is 0.102. The summed E-state index contributed by atoms with van der Waals surface area (Å²) in [5.74, 6) is 0.0167. The predicted molar refractivity (Wildman–Crippen MR) is 117 cm³/mol. The number of benzene rings is 1. The molecule has 1 aromatic heterocycles. The van der Waals surface area contributed by atoms with Crippen LogP contribution < -0.4 is 14.5 Å². The van der Waals surface area contributed by atoms with E-state index in [1.165, 1.54) is 16.6 Å². The van der Waals surface area contributed by atoms with Gasteiger partial charge in [0.25, 0.3) is 5.91 Å². The van der Waals surface area contributed by atoms with E-state index in [9.17, 15) is 13.2 Å². The lowest BCUT2D eigenvalue weighted by Gasteiger charge is -2.29. The Balaban J connectivity index is 1.58. The molecular formula is C20H23ClN4O4S. The van der Waals surface area contributed by atoms with Gasteiger partial charge in [0.15, 0.2) is 0 Å². The number of rotatable bonds is 4. The third-order valence-corrected chi connectivity index (χ3v) is 7.27. The van der Waals surface area contributed by atoms with Gasteiger partial charge in [0.1, 0.15) is 5.82 Å². The Kier molecular flexibility index (Phi) is 5.86. The molecule has 4 rings (SSSR count). The first kappa shape index (κ1) is 20.9. The third kappa shape index (κ3) is 4.38. The zero-order chi connectivity index (χ0) is 21.3. The number of amides is 1. The van der Waals surface area contributed by atoms with Gasteiger partial charge in [0.05, 0.1) is 19.0 Å². The van der Waals surface area contributed by atoms with Gasteiger partial charge in [-0.15, -0.1) is 0 Å². The highest BCUT2D eigenvalue weighted by Gasteiger charge is 2.30. The van der Waals surface area contributed by atoms with Gasteiger partial charge in [-0.2, -0.15) is 0 Å². The van der Waals surface area contributed by atoms with E-state index in [0.29, 0.717) is 48.0 Å². The van der Waals surface area contributed by atoms with Crippen molar-refractivity contribution in [2.45, 2.75) is 13.3 Å². The number of carbonyl (C=O) groups is 1. The highest BCUT2D eigenvalue weighted by molar-refractivity contribution is 7.93. The molecule has 160 valence electrons. The number of nitrogens with one attached hydrogen (secondary N) is 1. The van der Waals surface area contributed by atoms with Crippen molar-refractivity contribution in [2.75, 3.05) is 53.1 Å². The van der Waals surface area contributed by atoms with Crippen molar-refractivity contribution in [3.05, 3.63) is 46.6 Å². The van der Waals surface area contributed by atoms with Gasteiger partial charge in [-0.05, 0) is 43.2 Å². The van der Waals surface area contributed by atoms with E-state index < -0.39 is 10.0 Å². The van der Waals surface area contributed by atoms with Crippen molar-refractivity contribution in [3.8, 4) is 0 Å². The second-order valence-corrected chi connectivity index (χ2v) is 9.80. The summed E-state index contributed by atoms with van der Waals surface area (Å²) in [4.78, 5) is 19.4. The van der Waals surface area contributed by atoms with Crippen LogP contribution in [0.5, 0.6) is 0 Å². The van der Waals surface area contributed by atoms with Gasteiger partial charge in [-0.3, -0.25) is 9.10 Å². The molecule has 0 spiro atoms. The lowest BCUT2D eigenvalue weighted by Crippen LogP contribution is -2.36. The van der Waals surface area contributed by atoms with Gasteiger partial charge in [0, 0.05) is 47.8 Å². The molecule has 0 bridgehead atoms. The molecule has 0 saturated carbocycles. The van der Waals surface area contributed by atoms with E-state index in [1.54, 1.807) is 13.0 Å². The molecular weight excluding hydrogens is 428 g/mol. The molecule has 2 aliphatic heterocycles. The number of ether oxygens (including phenoxy) is 1. The summed E-state index contributed by atoms with van der Waals surface area (Å²) in [6.07, 6.45) is 2.07. The Bertz CT molecular complexity index is 1070. The van der Waals surface area contributed by atoms with Crippen LogP contribution in [-0.4, -0.2) is 57.9 Å². The highest BCUT2D eigenvalue weighted by Crippen LogP contribution is 2.28. The molecule has 0 unspecified atom stereocenters. The van der Waals surface area contributed by atoms with E-state index in [4.69, 9.17) is 16.3 Å². The standard InChI is InChI=1S/C20H23ClN4O4S/c1-14-13-22-19(25-3-2-8-30(25,27)28)12-18(14)20(26)23-16-9-15(21)10-17(11-16)24-4-6-29-7-5-24/h9-13H,2-8H2,1H3,(H,23,26). The number of carbonyl (C=O) groups excluding carboxylic acids is 1. The molecule has 1 amide bonds. The SMILES string of the molecule is Cc1cnc(N2CCCS2(=O)=O)cc1C(=O)Nc1cc(Cl)cc(N2CCOCC2)c1. The van der Waals surface area contributed by atoms with Gasteiger partial charge in [-0.1, -0.05) is 11.6 Å². The van der Waals surface area contributed by atoms with Crippen LogP contribution in [-0.2, 0) is 14.8 Å². The number of aromatic nitrogens is 1. The molecule has 2 aromatic rings. The maximum atomic E-state index is 13.0.